The molecule has 1 unspecified atom stereocenters. The first-order chi connectivity index (χ1) is 8.02. The van der Waals surface area contributed by atoms with Gasteiger partial charge in [-0.3, -0.25) is 4.79 Å². The Bertz CT molecular complexity index is 386. The van der Waals surface area contributed by atoms with Crippen LogP contribution in [0.2, 0.25) is 5.02 Å². The molecule has 0 fully saturated rings. The molecule has 0 aromatic heterocycles. The van der Waals surface area contributed by atoms with Crippen LogP contribution in [-0.2, 0) is 4.79 Å². The highest BCUT2D eigenvalue weighted by Crippen LogP contribution is 2.22. The minimum absolute atomic E-state index is 0. The summed E-state index contributed by atoms with van der Waals surface area (Å²) >= 11 is 5.93. The minimum Gasteiger partial charge on any atom is -0.490 e. The van der Waals surface area contributed by atoms with Crippen molar-refractivity contribution in [1.82, 2.24) is 4.90 Å². The van der Waals surface area contributed by atoms with Crippen molar-refractivity contribution in [2.75, 3.05) is 20.2 Å². The zero-order chi connectivity index (χ0) is 12.8. The molecule has 0 spiro atoms. The number of rotatable bonds is 5. The monoisotopic (exact) mass is 292 g/mol. The first-order valence-electron chi connectivity index (χ1n) is 5.40. The summed E-state index contributed by atoms with van der Waals surface area (Å²) in [6.45, 7) is 2.53. The fraction of sp³-hybridized carbons (Fsp3) is 0.417. The van der Waals surface area contributed by atoms with Gasteiger partial charge in [0.05, 0.1) is 17.6 Å². The van der Waals surface area contributed by atoms with Gasteiger partial charge in [0.1, 0.15) is 12.4 Å². The van der Waals surface area contributed by atoms with Crippen molar-refractivity contribution in [3.8, 4) is 5.75 Å². The second kappa shape index (κ2) is 8.19. The summed E-state index contributed by atoms with van der Waals surface area (Å²) in [4.78, 5) is 13.0. The molecule has 0 aliphatic heterocycles. The van der Waals surface area contributed by atoms with Crippen molar-refractivity contribution in [3.05, 3.63) is 29.3 Å². The fourth-order valence-electron chi connectivity index (χ4n) is 1.31. The lowest BCUT2D eigenvalue weighted by molar-refractivity contribution is -0.131. The molecule has 102 valence electrons. The van der Waals surface area contributed by atoms with E-state index in [1.54, 1.807) is 31.0 Å². The number of benzene rings is 1. The van der Waals surface area contributed by atoms with Gasteiger partial charge in [0, 0.05) is 7.05 Å². The van der Waals surface area contributed by atoms with Gasteiger partial charge in [-0.1, -0.05) is 23.7 Å². The van der Waals surface area contributed by atoms with Gasteiger partial charge in [-0.15, -0.1) is 12.4 Å². The predicted molar refractivity (Wildman–Crippen MR) is 75.5 cm³/mol. The zero-order valence-corrected chi connectivity index (χ0v) is 12.0. The number of carbonyl (C=O) groups is 1. The molecule has 0 aliphatic carbocycles. The molecule has 18 heavy (non-hydrogen) atoms. The Hall–Kier alpha value is -0.970. The largest absolute Gasteiger partial charge is 0.490 e. The Balaban J connectivity index is 0.00000289. The summed E-state index contributed by atoms with van der Waals surface area (Å²) in [6, 6.07) is 6.74. The quantitative estimate of drug-likeness (QED) is 0.902. The molecule has 0 saturated heterocycles. The van der Waals surface area contributed by atoms with Crippen LogP contribution in [0.5, 0.6) is 5.75 Å². The second-order valence-corrected chi connectivity index (χ2v) is 4.23. The molecule has 1 atom stereocenters. The van der Waals surface area contributed by atoms with Crippen molar-refractivity contribution in [2.24, 2.45) is 5.73 Å². The van der Waals surface area contributed by atoms with Crippen molar-refractivity contribution in [3.63, 3.8) is 0 Å². The number of likely N-dealkylation sites (N-methyl/N-ethyl adjacent to an activating group) is 1. The summed E-state index contributed by atoms with van der Waals surface area (Å²) in [5, 5.41) is 0.564. The van der Waals surface area contributed by atoms with Gasteiger partial charge >= 0.3 is 0 Å². The van der Waals surface area contributed by atoms with Gasteiger partial charge < -0.3 is 15.4 Å². The first kappa shape index (κ1) is 17.0. The average Bonchev–Trinajstić information content (AvgIpc) is 2.30. The van der Waals surface area contributed by atoms with E-state index >= 15 is 0 Å². The summed E-state index contributed by atoms with van der Waals surface area (Å²) in [5.74, 6) is 0.517. The van der Waals surface area contributed by atoms with Crippen molar-refractivity contribution in [1.29, 1.82) is 0 Å². The smallest absolute Gasteiger partial charge is 0.239 e. The Kier molecular flexibility index (Phi) is 7.75. The van der Waals surface area contributed by atoms with Gasteiger partial charge in [0.15, 0.2) is 0 Å². The molecular weight excluding hydrogens is 275 g/mol. The molecule has 6 heteroatoms. The number of carbonyl (C=O) groups excluding carboxylic acids is 1. The zero-order valence-electron chi connectivity index (χ0n) is 10.4. The van der Waals surface area contributed by atoms with Crippen LogP contribution in [0, 0.1) is 0 Å². The van der Waals surface area contributed by atoms with Gasteiger partial charge in [-0.25, -0.2) is 0 Å². The first-order valence-corrected chi connectivity index (χ1v) is 5.78. The topological polar surface area (TPSA) is 55.6 Å². The van der Waals surface area contributed by atoms with Crippen LogP contribution in [-0.4, -0.2) is 37.0 Å². The maximum absolute atomic E-state index is 11.5. The maximum atomic E-state index is 11.5. The molecule has 2 N–H and O–H groups in total. The second-order valence-electron chi connectivity index (χ2n) is 3.83. The molecule has 1 rings (SSSR count). The lowest BCUT2D eigenvalue weighted by Gasteiger charge is -2.19. The third-order valence-corrected chi connectivity index (χ3v) is 2.60. The Labute approximate surface area is 118 Å². The molecule has 0 radical (unpaired) electrons. The molecular formula is C12H18Cl2N2O2. The van der Waals surface area contributed by atoms with Gasteiger partial charge in [-0.05, 0) is 19.1 Å². The van der Waals surface area contributed by atoms with Crippen LogP contribution in [0.4, 0.5) is 0 Å². The molecule has 1 aromatic rings. The van der Waals surface area contributed by atoms with E-state index in [4.69, 9.17) is 22.1 Å². The van der Waals surface area contributed by atoms with E-state index in [1.165, 1.54) is 0 Å². The summed E-state index contributed by atoms with van der Waals surface area (Å²) in [5.41, 5.74) is 5.49. The van der Waals surface area contributed by atoms with E-state index in [0.717, 1.165) is 0 Å². The van der Waals surface area contributed by atoms with Crippen molar-refractivity contribution < 1.29 is 9.53 Å². The van der Waals surface area contributed by atoms with Crippen LogP contribution in [0.3, 0.4) is 0 Å². The molecule has 1 amide bonds. The third kappa shape index (κ3) is 5.12. The Morgan fingerprint density at radius 3 is 2.67 bits per heavy atom. The third-order valence-electron chi connectivity index (χ3n) is 2.29. The van der Waals surface area contributed by atoms with Crippen LogP contribution in [0.15, 0.2) is 24.3 Å². The molecule has 0 bridgehead atoms. The van der Waals surface area contributed by atoms with E-state index in [1.807, 2.05) is 12.1 Å². The van der Waals surface area contributed by atoms with Crippen LogP contribution in [0.25, 0.3) is 0 Å². The van der Waals surface area contributed by atoms with E-state index in [-0.39, 0.29) is 18.3 Å². The predicted octanol–water partition coefficient (Wildman–Crippen LogP) is 1.95. The fourth-order valence-corrected chi connectivity index (χ4v) is 1.50. The normalized spacial score (nSPS) is 11.3. The number of nitrogens with two attached hydrogens (primary N) is 1. The molecule has 0 aliphatic rings. The van der Waals surface area contributed by atoms with E-state index in [2.05, 4.69) is 0 Å². The number of amides is 1. The SMILES string of the molecule is CC(N)C(=O)N(C)CCOc1ccccc1Cl.Cl. The average molecular weight is 293 g/mol. The summed E-state index contributed by atoms with van der Waals surface area (Å²) in [6.07, 6.45) is 0. The van der Waals surface area contributed by atoms with Crippen molar-refractivity contribution >= 4 is 29.9 Å². The Morgan fingerprint density at radius 2 is 2.11 bits per heavy atom. The van der Waals surface area contributed by atoms with Gasteiger partial charge in [0.2, 0.25) is 5.91 Å². The molecule has 0 heterocycles. The van der Waals surface area contributed by atoms with Gasteiger partial charge in [-0.2, -0.15) is 0 Å². The highest BCUT2D eigenvalue weighted by molar-refractivity contribution is 6.32. The molecule has 4 nitrogen and oxygen atoms in total. The van der Waals surface area contributed by atoms with Crippen LogP contribution < -0.4 is 10.5 Å². The Morgan fingerprint density at radius 1 is 1.50 bits per heavy atom. The van der Waals surface area contributed by atoms with Crippen LogP contribution in [0.1, 0.15) is 6.92 Å². The molecule has 1 aromatic carbocycles. The maximum Gasteiger partial charge on any atom is 0.239 e. The standard InChI is InChI=1S/C12H17ClN2O2.ClH/c1-9(14)12(16)15(2)7-8-17-11-6-4-3-5-10(11)13;/h3-6,9H,7-8,14H2,1-2H3;1H. The highest BCUT2D eigenvalue weighted by atomic mass is 35.5. The number of halogens is 2. The van der Waals surface area contributed by atoms with Crippen LogP contribution >= 0.6 is 24.0 Å². The lowest BCUT2D eigenvalue weighted by atomic mass is 10.3. The van der Waals surface area contributed by atoms with Crippen molar-refractivity contribution in [2.45, 2.75) is 13.0 Å². The van der Waals surface area contributed by atoms with Gasteiger partial charge in [0.25, 0.3) is 0 Å². The summed E-state index contributed by atoms with van der Waals surface area (Å²) in [7, 11) is 1.70. The number of hydrogen-bond acceptors (Lipinski definition) is 3. The number of ether oxygens (including phenoxy) is 1. The van der Waals surface area contributed by atoms with E-state index in [0.29, 0.717) is 23.9 Å². The molecule has 0 saturated carbocycles. The lowest BCUT2D eigenvalue weighted by Crippen LogP contribution is -2.41. The number of hydrogen-bond donors (Lipinski definition) is 1. The number of nitrogens with zero attached hydrogens (tertiary/aromatic N) is 1. The van der Waals surface area contributed by atoms with E-state index < -0.39 is 6.04 Å². The number of para-hydroxylation sites is 1. The van der Waals surface area contributed by atoms with E-state index in [9.17, 15) is 4.79 Å². The summed E-state index contributed by atoms with van der Waals surface area (Å²) < 4.78 is 5.47. The minimum atomic E-state index is -0.486. The highest BCUT2D eigenvalue weighted by Gasteiger charge is 2.12.